The number of H-pyrrole nitrogens is 1. The van der Waals surface area contributed by atoms with Crippen molar-refractivity contribution in [3.8, 4) is 28.1 Å². The lowest BCUT2D eigenvalue weighted by Crippen LogP contribution is -2.17. The first kappa shape index (κ1) is 26.1. The highest BCUT2D eigenvalue weighted by Gasteiger charge is 2.25. The number of halogens is 1. The maximum atomic E-state index is 16.1. The number of hydrogen-bond donors (Lipinski definition) is 3. The normalized spacial score (nSPS) is 12.0. The van der Waals surface area contributed by atoms with E-state index in [4.69, 9.17) is 19.9 Å². The summed E-state index contributed by atoms with van der Waals surface area (Å²) in [5.41, 5.74) is 11.9. The molecule has 1 unspecified atom stereocenters. The van der Waals surface area contributed by atoms with Gasteiger partial charge in [0.25, 0.3) is 0 Å². The maximum absolute atomic E-state index is 16.1. The number of nitrogens with one attached hydrogen (secondary N) is 2. The second-order valence-electron chi connectivity index (χ2n) is 9.72. The van der Waals surface area contributed by atoms with E-state index in [2.05, 4.69) is 15.3 Å². The molecule has 6 aromatic rings. The van der Waals surface area contributed by atoms with E-state index in [9.17, 15) is 0 Å². The molecule has 3 aromatic carbocycles. The molecule has 3 heterocycles. The van der Waals surface area contributed by atoms with Gasteiger partial charge in [-0.3, -0.25) is 0 Å². The van der Waals surface area contributed by atoms with Crippen molar-refractivity contribution >= 4 is 22.3 Å². The fraction of sp³-hybridized carbons (Fsp3) is 0.152. The number of furan rings is 1. The zero-order valence-electron chi connectivity index (χ0n) is 22.8. The number of fused-ring (bicyclic) bond motifs is 1. The minimum atomic E-state index is -0.646. The molecular formula is C33H30FN5O2. The highest BCUT2D eigenvalue weighted by molar-refractivity contribution is 5.93. The number of aromatic amines is 1. The maximum Gasteiger partial charge on any atom is 0.170 e. The van der Waals surface area contributed by atoms with Crippen molar-refractivity contribution in [2.45, 2.75) is 26.3 Å². The fourth-order valence-corrected chi connectivity index (χ4v) is 5.10. The van der Waals surface area contributed by atoms with Crippen molar-refractivity contribution in [1.82, 2.24) is 15.0 Å². The quantitative estimate of drug-likeness (QED) is 0.171. The zero-order valence-corrected chi connectivity index (χ0v) is 22.8. The average Bonchev–Trinajstić information content (AvgIpc) is 3.71. The highest BCUT2D eigenvalue weighted by Crippen LogP contribution is 2.36. The van der Waals surface area contributed by atoms with Crippen LogP contribution in [-0.4, -0.2) is 21.6 Å². The molecule has 0 aliphatic carbocycles. The second-order valence-corrected chi connectivity index (χ2v) is 9.72. The lowest BCUT2D eigenvalue weighted by molar-refractivity contribution is 0.319. The Hall–Kier alpha value is -5.11. The molecule has 6 rings (SSSR count). The molecule has 0 amide bonds. The van der Waals surface area contributed by atoms with Crippen LogP contribution in [-0.2, 0) is 6.42 Å². The van der Waals surface area contributed by atoms with Crippen LogP contribution in [0, 0.1) is 5.82 Å². The van der Waals surface area contributed by atoms with Gasteiger partial charge in [0.2, 0.25) is 0 Å². The topological polar surface area (TPSA) is 102 Å². The van der Waals surface area contributed by atoms with E-state index in [1.54, 1.807) is 24.8 Å². The summed E-state index contributed by atoms with van der Waals surface area (Å²) in [4.78, 5) is 12.5. The van der Waals surface area contributed by atoms with E-state index in [-0.39, 0.29) is 5.75 Å². The SMILES string of the molecule is CCOc1cc(CC)cc(C(Nc2ccc3c(N)nccc3c2)c2nc(-c3ccccc3-c3ccoc3)c[nH]2)c1F. The van der Waals surface area contributed by atoms with Gasteiger partial charge in [0.15, 0.2) is 11.6 Å². The predicted octanol–water partition coefficient (Wildman–Crippen LogP) is 7.77. The van der Waals surface area contributed by atoms with Gasteiger partial charge in [0.05, 0.1) is 24.8 Å². The third-order valence-electron chi connectivity index (χ3n) is 7.16. The van der Waals surface area contributed by atoms with Crippen LogP contribution in [0.1, 0.15) is 36.8 Å². The van der Waals surface area contributed by atoms with E-state index < -0.39 is 11.9 Å². The average molecular weight is 548 g/mol. The number of hydrogen-bond acceptors (Lipinski definition) is 6. The van der Waals surface area contributed by atoms with Gasteiger partial charge in [-0.25, -0.2) is 14.4 Å². The highest BCUT2D eigenvalue weighted by atomic mass is 19.1. The van der Waals surface area contributed by atoms with Crippen LogP contribution in [0.2, 0.25) is 0 Å². The van der Waals surface area contributed by atoms with Gasteiger partial charge in [0, 0.05) is 40.2 Å². The Bertz CT molecular complexity index is 1810. The van der Waals surface area contributed by atoms with Crippen molar-refractivity contribution in [1.29, 1.82) is 0 Å². The Kier molecular flexibility index (Phi) is 7.12. The van der Waals surface area contributed by atoms with E-state index in [0.717, 1.165) is 50.8 Å². The smallest absolute Gasteiger partial charge is 0.170 e. The largest absolute Gasteiger partial charge is 0.491 e. The van der Waals surface area contributed by atoms with Crippen LogP contribution in [0.25, 0.3) is 33.2 Å². The summed E-state index contributed by atoms with van der Waals surface area (Å²) in [6, 6.07) is 20.6. The third kappa shape index (κ3) is 5.12. The van der Waals surface area contributed by atoms with Gasteiger partial charge in [-0.15, -0.1) is 0 Å². The molecule has 41 heavy (non-hydrogen) atoms. The number of nitrogens with zero attached hydrogens (tertiary/aromatic N) is 2. The zero-order chi connectivity index (χ0) is 28.3. The van der Waals surface area contributed by atoms with Gasteiger partial charge >= 0.3 is 0 Å². The Morgan fingerprint density at radius 3 is 2.68 bits per heavy atom. The molecule has 0 fully saturated rings. The van der Waals surface area contributed by atoms with Crippen molar-refractivity contribution in [3.63, 3.8) is 0 Å². The number of benzene rings is 3. The summed E-state index contributed by atoms with van der Waals surface area (Å²) in [6.45, 7) is 4.24. The minimum Gasteiger partial charge on any atom is -0.491 e. The molecule has 0 saturated carbocycles. The standard InChI is InChI=1S/C33H30FN5O2/c1-3-20-15-27(30(34)29(16-20)41-4-2)31(38-23-9-10-25-21(17-23)11-13-36-32(25)35)33-37-18-28(39-33)26-8-6-5-7-24(26)22-12-14-40-19-22/h5-19,31,38H,3-4H2,1-2H3,(H2,35,36)(H,37,39). The lowest BCUT2D eigenvalue weighted by Gasteiger charge is -2.22. The molecule has 8 heteroatoms. The second kappa shape index (κ2) is 11.2. The van der Waals surface area contributed by atoms with Gasteiger partial charge < -0.3 is 25.2 Å². The number of aromatic nitrogens is 3. The Morgan fingerprint density at radius 1 is 1.05 bits per heavy atom. The third-order valence-corrected chi connectivity index (χ3v) is 7.16. The predicted molar refractivity (Wildman–Crippen MR) is 160 cm³/mol. The molecule has 0 bridgehead atoms. The molecule has 0 saturated heterocycles. The summed E-state index contributed by atoms with van der Waals surface area (Å²) in [6.07, 6.45) is 7.60. The van der Waals surface area contributed by atoms with Crippen LogP contribution in [0.5, 0.6) is 5.75 Å². The molecule has 3 aromatic heterocycles. The number of nitrogen functional groups attached to an aromatic ring is 1. The Morgan fingerprint density at radius 2 is 1.90 bits per heavy atom. The van der Waals surface area contributed by atoms with Crippen molar-refractivity contribution in [3.05, 3.63) is 114 Å². The van der Waals surface area contributed by atoms with Gasteiger partial charge in [-0.1, -0.05) is 37.3 Å². The number of ether oxygens (including phenoxy) is 1. The number of anilines is 2. The van der Waals surface area contributed by atoms with Gasteiger partial charge in [0.1, 0.15) is 17.7 Å². The Balaban J connectivity index is 1.47. The van der Waals surface area contributed by atoms with E-state index in [1.807, 2.05) is 80.7 Å². The van der Waals surface area contributed by atoms with Crippen molar-refractivity contribution in [2.75, 3.05) is 17.7 Å². The molecule has 4 N–H and O–H groups in total. The molecular weight excluding hydrogens is 517 g/mol. The molecule has 1 atom stereocenters. The molecule has 0 aliphatic heterocycles. The van der Waals surface area contributed by atoms with E-state index in [1.165, 1.54) is 0 Å². The number of pyridine rings is 1. The molecule has 0 aliphatic rings. The summed E-state index contributed by atoms with van der Waals surface area (Å²) in [5, 5.41) is 5.30. The fourth-order valence-electron chi connectivity index (χ4n) is 5.10. The van der Waals surface area contributed by atoms with Crippen molar-refractivity contribution in [2.24, 2.45) is 0 Å². The van der Waals surface area contributed by atoms with E-state index in [0.29, 0.717) is 23.8 Å². The first-order valence-electron chi connectivity index (χ1n) is 13.6. The molecule has 0 spiro atoms. The first-order chi connectivity index (χ1) is 20.1. The summed E-state index contributed by atoms with van der Waals surface area (Å²) < 4.78 is 27.1. The number of imidazole rings is 1. The summed E-state index contributed by atoms with van der Waals surface area (Å²) in [5.74, 6) is 0.821. The molecule has 206 valence electrons. The number of rotatable bonds is 9. The molecule has 7 nitrogen and oxygen atoms in total. The van der Waals surface area contributed by atoms with Crippen LogP contribution in [0.15, 0.2) is 96.1 Å². The molecule has 0 radical (unpaired) electrons. The monoisotopic (exact) mass is 547 g/mol. The number of nitrogens with two attached hydrogens (primary N) is 1. The van der Waals surface area contributed by atoms with E-state index >= 15 is 4.39 Å². The minimum absolute atomic E-state index is 0.225. The first-order valence-corrected chi connectivity index (χ1v) is 13.6. The lowest BCUT2D eigenvalue weighted by atomic mass is 9.99. The van der Waals surface area contributed by atoms with Crippen LogP contribution < -0.4 is 15.8 Å². The van der Waals surface area contributed by atoms with Gasteiger partial charge in [-0.05, 0) is 66.3 Å². The number of aryl methyl sites for hydroxylation is 1. The summed E-state index contributed by atoms with van der Waals surface area (Å²) >= 11 is 0. The van der Waals surface area contributed by atoms with Crippen LogP contribution in [0.4, 0.5) is 15.9 Å². The van der Waals surface area contributed by atoms with Crippen molar-refractivity contribution < 1.29 is 13.5 Å². The summed E-state index contributed by atoms with van der Waals surface area (Å²) in [7, 11) is 0. The Labute approximate surface area is 237 Å². The van der Waals surface area contributed by atoms with Gasteiger partial charge in [-0.2, -0.15) is 0 Å². The van der Waals surface area contributed by atoms with Crippen LogP contribution in [0.3, 0.4) is 0 Å². The van der Waals surface area contributed by atoms with Crippen LogP contribution >= 0.6 is 0 Å².